The van der Waals surface area contributed by atoms with Crippen LogP contribution in [0, 0.1) is 11.2 Å². The highest BCUT2D eigenvalue weighted by Crippen LogP contribution is 2.32. The van der Waals surface area contributed by atoms with Crippen molar-refractivity contribution in [1.29, 1.82) is 0 Å². The smallest absolute Gasteiger partial charge is 0.314 e. The zero-order valence-electron chi connectivity index (χ0n) is 8.07. The average molecular weight is 210 g/mol. The van der Waals surface area contributed by atoms with E-state index in [1.54, 1.807) is 18.2 Å². The van der Waals surface area contributed by atoms with Crippen LogP contribution < -0.4 is 0 Å². The first kappa shape index (κ1) is 10.1. The molecule has 1 aromatic carbocycles. The predicted molar refractivity (Wildman–Crippen MR) is 51.0 cm³/mol. The summed E-state index contributed by atoms with van der Waals surface area (Å²) in [5.74, 6) is -1.28. The Balaban J connectivity index is 2.21. The fourth-order valence-electron chi connectivity index (χ4n) is 1.66. The Hall–Kier alpha value is -1.42. The van der Waals surface area contributed by atoms with Crippen LogP contribution in [0.4, 0.5) is 4.39 Å². The first-order valence-corrected chi connectivity index (χ1v) is 4.69. The standard InChI is InChI=1S/C11H11FO3/c12-9-4-2-1-3-8(9)5-11(10(13)14)6-15-7-11/h1-4H,5-7H2,(H,13,14). The first-order chi connectivity index (χ1) is 7.14. The van der Waals surface area contributed by atoms with Crippen LogP contribution in [0.3, 0.4) is 0 Å². The normalized spacial score (nSPS) is 18.2. The second-order valence-corrected chi connectivity index (χ2v) is 3.85. The highest BCUT2D eigenvalue weighted by Gasteiger charge is 2.46. The number of carbonyl (C=O) groups is 1. The molecule has 0 atom stereocenters. The Labute approximate surface area is 86.5 Å². The van der Waals surface area contributed by atoms with Gasteiger partial charge in [0.25, 0.3) is 0 Å². The molecular weight excluding hydrogens is 199 g/mol. The van der Waals surface area contributed by atoms with Gasteiger partial charge in [-0.1, -0.05) is 18.2 Å². The van der Waals surface area contributed by atoms with E-state index in [0.717, 1.165) is 0 Å². The van der Waals surface area contributed by atoms with Crippen LogP contribution >= 0.6 is 0 Å². The molecule has 15 heavy (non-hydrogen) atoms. The minimum atomic E-state index is -0.928. The average Bonchev–Trinajstić information content (AvgIpc) is 2.13. The number of aliphatic carboxylic acids is 1. The second-order valence-electron chi connectivity index (χ2n) is 3.85. The highest BCUT2D eigenvalue weighted by atomic mass is 19.1. The van der Waals surface area contributed by atoms with Crippen molar-refractivity contribution in [3.05, 3.63) is 35.6 Å². The lowest BCUT2D eigenvalue weighted by Crippen LogP contribution is -2.50. The lowest BCUT2D eigenvalue weighted by atomic mass is 9.80. The molecule has 4 heteroatoms. The molecule has 1 fully saturated rings. The van der Waals surface area contributed by atoms with E-state index in [1.165, 1.54) is 6.07 Å². The second kappa shape index (κ2) is 3.62. The summed E-state index contributed by atoms with van der Waals surface area (Å²) in [6.07, 6.45) is 0.189. The number of ether oxygens (including phenoxy) is 1. The summed E-state index contributed by atoms with van der Waals surface area (Å²) < 4.78 is 18.2. The van der Waals surface area contributed by atoms with E-state index in [4.69, 9.17) is 9.84 Å². The lowest BCUT2D eigenvalue weighted by molar-refractivity contribution is -0.179. The summed E-state index contributed by atoms with van der Waals surface area (Å²) >= 11 is 0. The molecule has 1 saturated heterocycles. The van der Waals surface area contributed by atoms with Crippen molar-refractivity contribution in [2.24, 2.45) is 5.41 Å². The number of halogens is 1. The van der Waals surface area contributed by atoms with Gasteiger partial charge in [0.15, 0.2) is 0 Å². The van der Waals surface area contributed by atoms with E-state index in [2.05, 4.69) is 0 Å². The minimum absolute atomic E-state index is 0.163. The molecule has 3 nitrogen and oxygen atoms in total. The van der Waals surface area contributed by atoms with E-state index < -0.39 is 11.4 Å². The Morgan fingerprint density at radius 2 is 2.13 bits per heavy atom. The van der Waals surface area contributed by atoms with Gasteiger partial charge in [-0.05, 0) is 18.1 Å². The maximum atomic E-state index is 13.3. The monoisotopic (exact) mass is 210 g/mol. The van der Waals surface area contributed by atoms with Crippen molar-refractivity contribution < 1.29 is 19.0 Å². The Morgan fingerprint density at radius 3 is 2.60 bits per heavy atom. The van der Waals surface area contributed by atoms with Gasteiger partial charge in [0.2, 0.25) is 0 Å². The van der Waals surface area contributed by atoms with Crippen molar-refractivity contribution >= 4 is 5.97 Å². The fourth-order valence-corrected chi connectivity index (χ4v) is 1.66. The molecule has 0 amide bonds. The zero-order valence-corrected chi connectivity index (χ0v) is 8.07. The Bertz CT molecular complexity index is 385. The van der Waals surface area contributed by atoms with Crippen LogP contribution in [0.15, 0.2) is 24.3 Å². The van der Waals surface area contributed by atoms with E-state index >= 15 is 0 Å². The molecule has 0 aliphatic carbocycles. The van der Waals surface area contributed by atoms with Crippen LogP contribution in [-0.4, -0.2) is 24.3 Å². The van der Waals surface area contributed by atoms with Gasteiger partial charge in [-0.2, -0.15) is 0 Å². The maximum absolute atomic E-state index is 13.3. The summed E-state index contributed by atoms with van der Waals surface area (Å²) in [7, 11) is 0. The molecule has 1 heterocycles. The van der Waals surface area contributed by atoms with Crippen LogP contribution in [0.25, 0.3) is 0 Å². The predicted octanol–water partition coefficient (Wildman–Crippen LogP) is 1.47. The molecule has 1 aliphatic rings. The van der Waals surface area contributed by atoms with Crippen molar-refractivity contribution in [1.82, 2.24) is 0 Å². The molecule has 0 bridgehead atoms. The molecule has 0 unspecified atom stereocenters. The molecular formula is C11H11FO3. The molecule has 0 saturated carbocycles. The highest BCUT2D eigenvalue weighted by molar-refractivity contribution is 5.76. The molecule has 80 valence electrons. The van der Waals surface area contributed by atoms with E-state index in [9.17, 15) is 9.18 Å². The summed E-state index contributed by atoms with van der Waals surface area (Å²) in [4.78, 5) is 11.0. The van der Waals surface area contributed by atoms with Crippen LogP contribution in [0.5, 0.6) is 0 Å². The number of rotatable bonds is 3. The van der Waals surface area contributed by atoms with E-state index in [-0.39, 0.29) is 25.5 Å². The van der Waals surface area contributed by atoms with Gasteiger partial charge in [0.05, 0.1) is 13.2 Å². The van der Waals surface area contributed by atoms with Crippen molar-refractivity contribution in [3.8, 4) is 0 Å². The summed E-state index contributed by atoms with van der Waals surface area (Å²) in [6, 6.07) is 6.24. The first-order valence-electron chi connectivity index (χ1n) is 4.69. The summed E-state index contributed by atoms with van der Waals surface area (Å²) in [5, 5.41) is 9.03. The van der Waals surface area contributed by atoms with Gasteiger partial charge in [-0.3, -0.25) is 4.79 Å². The topological polar surface area (TPSA) is 46.5 Å². The molecule has 1 N–H and O–H groups in total. The molecule has 2 rings (SSSR count). The number of hydrogen-bond donors (Lipinski definition) is 1. The number of carboxylic acids is 1. The van der Waals surface area contributed by atoms with E-state index in [0.29, 0.717) is 5.56 Å². The van der Waals surface area contributed by atoms with Crippen molar-refractivity contribution in [2.75, 3.05) is 13.2 Å². The third-order valence-corrected chi connectivity index (χ3v) is 2.70. The van der Waals surface area contributed by atoms with Crippen molar-refractivity contribution in [3.63, 3.8) is 0 Å². The third-order valence-electron chi connectivity index (χ3n) is 2.70. The van der Waals surface area contributed by atoms with Gasteiger partial charge < -0.3 is 9.84 Å². The number of benzene rings is 1. The molecule has 1 aromatic rings. The molecule has 0 radical (unpaired) electrons. The van der Waals surface area contributed by atoms with Gasteiger partial charge in [-0.15, -0.1) is 0 Å². The van der Waals surface area contributed by atoms with Gasteiger partial charge in [0, 0.05) is 0 Å². The quantitative estimate of drug-likeness (QED) is 0.821. The van der Waals surface area contributed by atoms with Crippen molar-refractivity contribution in [2.45, 2.75) is 6.42 Å². The molecule has 0 aromatic heterocycles. The number of carboxylic acid groups (broad SMARTS) is 1. The zero-order chi connectivity index (χ0) is 10.9. The largest absolute Gasteiger partial charge is 0.481 e. The maximum Gasteiger partial charge on any atom is 0.314 e. The van der Waals surface area contributed by atoms with Gasteiger partial charge in [0.1, 0.15) is 11.2 Å². The Morgan fingerprint density at radius 1 is 1.47 bits per heavy atom. The van der Waals surface area contributed by atoms with E-state index in [1.807, 2.05) is 0 Å². The number of hydrogen-bond acceptors (Lipinski definition) is 2. The van der Waals surface area contributed by atoms with Crippen LogP contribution in [0.2, 0.25) is 0 Å². The van der Waals surface area contributed by atoms with Crippen LogP contribution in [0.1, 0.15) is 5.56 Å². The summed E-state index contributed by atoms with van der Waals surface area (Å²) in [5.41, 5.74) is -0.495. The fraction of sp³-hybridized carbons (Fsp3) is 0.364. The summed E-state index contributed by atoms with van der Waals surface area (Å²) in [6.45, 7) is 0.327. The third kappa shape index (κ3) is 1.72. The lowest BCUT2D eigenvalue weighted by Gasteiger charge is -2.37. The Kier molecular flexibility index (Phi) is 2.44. The molecule has 0 spiro atoms. The van der Waals surface area contributed by atoms with Gasteiger partial charge >= 0.3 is 5.97 Å². The molecule has 1 aliphatic heterocycles. The van der Waals surface area contributed by atoms with Crippen LogP contribution in [-0.2, 0) is 16.0 Å². The van der Waals surface area contributed by atoms with Gasteiger partial charge in [-0.25, -0.2) is 4.39 Å². The minimum Gasteiger partial charge on any atom is -0.481 e. The SMILES string of the molecule is O=C(O)C1(Cc2ccccc2F)COC1.